The van der Waals surface area contributed by atoms with Gasteiger partial charge in [-0.15, -0.1) is 0 Å². The molecule has 0 bridgehead atoms. The molecule has 78 valence electrons. The molecule has 1 saturated carbocycles. The summed E-state index contributed by atoms with van der Waals surface area (Å²) < 4.78 is 5.99. The fourth-order valence-electron chi connectivity index (χ4n) is 2.31. The Morgan fingerprint density at radius 2 is 2.21 bits per heavy atom. The normalized spacial score (nSPS) is 26.4. The van der Waals surface area contributed by atoms with E-state index in [4.69, 9.17) is 4.52 Å². The Hall–Kier alpha value is -0.130. The molecule has 0 N–H and O–H groups in total. The Kier molecular flexibility index (Phi) is 2.81. The van der Waals surface area contributed by atoms with Gasteiger partial charge in [-0.3, -0.25) is 0 Å². The number of aromatic nitrogens is 2. The van der Waals surface area contributed by atoms with Crippen LogP contribution in [0.2, 0.25) is 0 Å². The second kappa shape index (κ2) is 3.79. The van der Waals surface area contributed by atoms with Crippen molar-refractivity contribution in [2.75, 3.05) is 0 Å². The van der Waals surface area contributed by atoms with E-state index >= 15 is 0 Å². The molecule has 1 heterocycles. The first-order valence-electron chi connectivity index (χ1n) is 5.09. The van der Waals surface area contributed by atoms with Gasteiger partial charge in [-0.25, -0.2) is 0 Å². The second-order valence-corrected chi connectivity index (χ2v) is 5.65. The summed E-state index contributed by atoms with van der Waals surface area (Å²) in [6.45, 7) is 4.60. The van der Waals surface area contributed by atoms with Crippen molar-refractivity contribution in [2.24, 2.45) is 5.41 Å². The first kappa shape index (κ1) is 10.4. The summed E-state index contributed by atoms with van der Waals surface area (Å²) in [6.07, 6.45) is 5.06. The summed E-state index contributed by atoms with van der Waals surface area (Å²) in [7, 11) is 0. The van der Waals surface area contributed by atoms with Crippen molar-refractivity contribution in [3.05, 3.63) is 9.72 Å². The molecule has 1 fully saturated rings. The van der Waals surface area contributed by atoms with E-state index < -0.39 is 0 Å². The highest BCUT2D eigenvalue weighted by Gasteiger charge is 2.36. The average molecular weight is 306 g/mol. The molecule has 0 radical (unpaired) electrons. The second-order valence-electron chi connectivity index (χ2n) is 4.69. The minimum Gasteiger partial charge on any atom is -0.338 e. The van der Waals surface area contributed by atoms with Gasteiger partial charge in [-0.1, -0.05) is 31.8 Å². The van der Waals surface area contributed by atoms with E-state index in [2.05, 4.69) is 46.6 Å². The third-order valence-corrected chi connectivity index (χ3v) is 3.66. The van der Waals surface area contributed by atoms with Gasteiger partial charge < -0.3 is 4.52 Å². The van der Waals surface area contributed by atoms with Crippen LogP contribution in [-0.2, 0) is 0 Å². The van der Waals surface area contributed by atoms with Gasteiger partial charge in [0.1, 0.15) is 0 Å². The summed E-state index contributed by atoms with van der Waals surface area (Å²) in [5, 5.41) is 3.86. The summed E-state index contributed by atoms with van der Waals surface area (Å²) in [6, 6.07) is 0. The molecule has 1 aliphatic carbocycles. The van der Waals surface area contributed by atoms with Gasteiger partial charge in [0.05, 0.1) is 0 Å². The van der Waals surface area contributed by atoms with Crippen LogP contribution < -0.4 is 0 Å². The first-order valence-corrected chi connectivity index (χ1v) is 6.16. The average Bonchev–Trinajstić information content (AvgIpc) is 2.51. The predicted octanol–water partition coefficient (Wildman–Crippen LogP) is 3.36. The molecule has 1 atom stereocenters. The molecule has 1 unspecified atom stereocenters. The van der Waals surface area contributed by atoms with Crippen LogP contribution in [0.5, 0.6) is 0 Å². The fraction of sp³-hybridized carbons (Fsp3) is 0.800. The van der Waals surface area contributed by atoms with Crippen molar-refractivity contribution < 1.29 is 4.52 Å². The SMILES string of the molecule is CC1(C)CCCCC1c1nc(I)no1. The molecule has 1 aliphatic rings. The van der Waals surface area contributed by atoms with Crippen LogP contribution in [0.15, 0.2) is 4.52 Å². The van der Waals surface area contributed by atoms with Crippen molar-refractivity contribution in [1.82, 2.24) is 10.1 Å². The quantitative estimate of drug-likeness (QED) is 0.747. The number of hydrogen-bond acceptors (Lipinski definition) is 3. The zero-order valence-corrected chi connectivity index (χ0v) is 10.7. The Morgan fingerprint density at radius 3 is 2.79 bits per heavy atom. The van der Waals surface area contributed by atoms with Gasteiger partial charge in [-0.05, 0) is 18.3 Å². The lowest BCUT2D eigenvalue weighted by molar-refractivity contribution is 0.164. The summed E-state index contributed by atoms with van der Waals surface area (Å²) >= 11 is 2.09. The maximum Gasteiger partial charge on any atom is 0.232 e. The highest BCUT2D eigenvalue weighted by atomic mass is 127. The van der Waals surface area contributed by atoms with Crippen molar-refractivity contribution in [2.45, 2.75) is 45.4 Å². The maximum atomic E-state index is 5.27. The monoisotopic (exact) mass is 306 g/mol. The highest BCUT2D eigenvalue weighted by molar-refractivity contribution is 14.1. The van der Waals surface area contributed by atoms with Gasteiger partial charge >= 0.3 is 0 Å². The van der Waals surface area contributed by atoms with E-state index in [-0.39, 0.29) is 0 Å². The predicted molar refractivity (Wildman–Crippen MR) is 62.0 cm³/mol. The fourth-order valence-corrected chi connectivity index (χ4v) is 2.65. The van der Waals surface area contributed by atoms with E-state index in [0.717, 1.165) is 9.72 Å². The van der Waals surface area contributed by atoms with E-state index in [9.17, 15) is 0 Å². The molecular weight excluding hydrogens is 291 g/mol. The minimum absolute atomic E-state index is 0.313. The number of nitrogens with zero attached hydrogens (tertiary/aromatic N) is 2. The zero-order valence-electron chi connectivity index (χ0n) is 8.59. The number of halogens is 1. The first-order chi connectivity index (χ1) is 6.59. The molecule has 1 aromatic heterocycles. The smallest absolute Gasteiger partial charge is 0.232 e. The molecule has 0 aliphatic heterocycles. The van der Waals surface area contributed by atoms with Crippen LogP contribution >= 0.6 is 22.6 Å². The summed E-state index contributed by atoms with van der Waals surface area (Å²) in [5.74, 6) is 1.28. The lowest BCUT2D eigenvalue weighted by Crippen LogP contribution is -2.26. The summed E-state index contributed by atoms with van der Waals surface area (Å²) in [5.41, 5.74) is 0.313. The Labute approximate surface area is 97.8 Å². The molecule has 0 aromatic carbocycles. The van der Waals surface area contributed by atoms with E-state index in [0.29, 0.717) is 11.3 Å². The molecule has 4 heteroatoms. The molecule has 0 amide bonds. The van der Waals surface area contributed by atoms with E-state index in [1.807, 2.05) is 0 Å². The minimum atomic E-state index is 0.313. The molecule has 0 saturated heterocycles. The van der Waals surface area contributed by atoms with Gasteiger partial charge in [0.15, 0.2) is 0 Å². The molecule has 2 rings (SSSR count). The molecule has 3 nitrogen and oxygen atoms in total. The van der Waals surface area contributed by atoms with Crippen molar-refractivity contribution in [1.29, 1.82) is 0 Å². The van der Waals surface area contributed by atoms with Crippen molar-refractivity contribution in [3.8, 4) is 0 Å². The molecule has 0 spiro atoms. The van der Waals surface area contributed by atoms with Crippen molar-refractivity contribution >= 4 is 22.6 Å². The third kappa shape index (κ3) is 1.94. The summed E-state index contributed by atoms with van der Waals surface area (Å²) in [4.78, 5) is 4.34. The van der Waals surface area contributed by atoms with Gasteiger partial charge in [0.2, 0.25) is 9.72 Å². The van der Waals surface area contributed by atoms with E-state index in [1.165, 1.54) is 25.7 Å². The lowest BCUT2D eigenvalue weighted by Gasteiger charge is -2.36. The van der Waals surface area contributed by atoms with Crippen LogP contribution in [0, 0.1) is 9.25 Å². The number of hydrogen-bond donors (Lipinski definition) is 0. The molecular formula is C10H15IN2O. The third-order valence-electron chi connectivity index (χ3n) is 3.22. The van der Waals surface area contributed by atoms with Crippen molar-refractivity contribution in [3.63, 3.8) is 0 Å². The Bertz CT molecular complexity index is 322. The van der Waals surface area contributed by atoms with Crippen LogP contribution in [-0.4, -0.2) is 10.1 Å². The largest absolute Gasteiger partial charge is 0.338 e. The Balaban J connectivity index is 2.23. The zero-order chi connectivity index (χ0) is 10.2. The standard InChI is InChI=1S/C10H15IN2O/c1-10(2)6-4-3-5-7(10)8-12-9(11)13-14-8/h7H,3-6H2,1-2H3. The molecule has 14 heavy (non-hydrogen) atoms. The molecule has 1 aromatic rings. The lowest BCUT2D eigenvalue weighted by atomic mass is 9.69. The van der Waals surface area contributed by atoms with Gasteiger partial charge in [-0.2, -0.15) is 4.98 Å². The van der Waals surface area contributed by atoms with Crippen LogP contribution in [0.4, 0.5) is 0 Å². The topological polar surface area (TPSA) is 38.9 Å². The highest BCUT2D eigenvalue weighted by Crippen LogP contribution is 2.45. The number of rotatable bonds is 1. The van der Waals surface area contributed by atoms with E-state index in [1.54, 1.807) is 0 Å². The van der Waals surface area contributed by atoms with Crippen LogP contribution in [0.3, 0.4) is 0 Å². The van der Waals surface area contributed by atoms with Crippen LogP contribution in [0.25, 0.3) is 0 Å². The van der Waals surface area contributed by atoms with Gasteiger partial charge in [0.25, 0.3) is 0 Å². The maximum absolute atomic E-state index is 5.27. The van der Waals surface area contributed by atoms with Crippen LogP contribution in [0.1, 0.15) is 51.3 Å². The van der Waals surface area contributed by atoms with Gasteiger partial charge in [0, 0.05) is 28.5 Å². The Morgan fingerprint density at radius 1 is 1.43 bits per heavy atom.